The van der Waals surface area contributed by atoms with Crippen molar-refractivity contribution in [2.75, 3.05) is 0 Å². The van der Waals surface area contributed by atoms with Gasteiger partial charge in [0.2, 0.25) is 0 Å². The van der Waals surface area contributed by atoms with Crippen LogP contribution in [0.2, 0.25) is 0 Å². The lowest BCUT2D eigenvalue weighted by Gasteiger charge is -2.41. The molecule has 8 aromatic carbocycles. The first-order valence-electron chi connectivity index (χ1n) is 21.5. The zero-order valence-electron chi connectivity index (χ0n) is 34.1. The van der Waals surface area contributed by atoms with Crippen LogP contribution in [0.1, 0.15) is 35.6 Å². The van der Waals surface area contributed by atoms with Crippen molar-refractivity contribution in [1.82, 2.24) is 14.5 Å². The van der Waals surface area contributed by atoms with E-state index in [0.29, 0.717) is 11.7 Å². The standard InChI is InChI=1S/C58H39N3S/c1-36-27-30-47-45(33-36)43-23-10-11-24-46(43)58(47)48-25-12-13-26-53(48)62-56-49(58)31-29-44-54-42-22-9-8-15-37(42)28-32-52(54)61(55(44)56)41-21-14-20-40(34-41)51-35-50(38-16-4-2-5-17-38)59-57(60-51)39-18-6-3-7-19-39/h2-32,34-36H,33H2,1H3. The van der Waals surface area contributed by atoms with Gasteiger partial charge < -0.3 is 4.57 Å². The first-order chi connectivity index (χ1) is 30.6. The lowest BCUT2D eigenvalue weighted by Crippen LogP contribution is -2.33. The molecule has 3 heterocycles. The van der Waals surface area contributed by atoms with Crippen LogP contribution < -0.4 is 0 Å². The molecular weight excluding hydrogens is 771 g/mol. The number of rotatable bonds is 4. The largest absolute Gasteiger partial charge is 0.308 e. The van der Waals surface area contributed by atoms with E-state index in [1.54, 1.807) is 0 Å². The third kappa shape index (κ3) is 5.08. The van der Waals surface area contributed by atoms with Gasteiger partial charge in [-0.25, -0.2) is 9.97 Å². The molecule has 0 saturated heterocycles. The zero-order valence-corrected chi connectivity index (χ0v) is 34.9. The number of hydrogen-bond donors (Lipinski definition) is 0. The smallest absolute Gasteiger partial charge is 0.160 e. The highest BCUT2D eigenvalue weighted by Crippen LogP contribution is 2.64. The van der Waals surface area contributed by atoms with Crippen molar-refractivity contribution in [3.63, 3.8) is 0 Å². The minimum absolute atomic E-state index is 0.443. The molecular formula is C58H39N3S. The highest BCUT2D eigenvalue weighted by Gasteiger charge is 2.52. The SMILES string of the molecule is CC1C=CC2=C(C1)c1ccccc1C21c2ccccc2Sc2c1ccc1c3c4ccccc4ccc3n(-c3cccc(-c4cc(-c5ccccc5)nc(-c5ccccc5)n4)c3)c21. The fourth-order valence-electron chi connectivity index (χ4n) is 10.8. The third-order valence-electron chi connectivity index (χ3n) is 13.4. The van der Waals surface area contributed by atoms with Crippen molar-refractivity contribution < 1.29 is 0 Å². The van der Waals surface area contributed by atoms with Crippen molar-refractivity contribution in [3.8, 4) is 39.6 Å². The van der Waals surface area contributed by atoms with Crippen LogP contribution in [0.3, 0.4) is 0 Å². The van der Waals surface area contributed by atoms with Gasteiger partial charge >= 0.3 is 0 Å². The lowest BCUT2D eigenvalue weighted by atomic mass is 9.65. The minimum Gasteiger partial charge on any atom is -0.308 e. The summed E-state index contributed by atoms with van der Waals surface area (Å²) in [6, 6.07) is 68.6. The summed E-state index contributed by atoms with van der Waals surface area (Å²) in [5.41, 5.74) is 16.4. The molecule has 0 bridgehead atoms. The lowest BCUT2D eigenvalue weighted by molar-refractivity contribution is 0.696. The molecule has 3 aliphatic rings. The van der Waals surface area contributed by atoms with Gasteiger partial charge in [-0.05, 0) is 86.8 Å². The van der Waals surface area contributed by atoms with Crippen molar-refractivity contribution in [2.45, 2.75) is 28.6 Å². The Labute approximate surface area is 364 Å². The van der Waals surface area contributed by atoms with Gasteiger partial charge in [0.05, 0.1) is 27.8 Å². The Morgan fingerprint density at radius 1 is 0.581 bits per heavy atom. The van der Waals surface area contributed by atoms with Gasteiger partial charge in [0.15, 0.2) is 5.82 Å². The summed E-state index contributed by atoms with van der Waals surface area (Å²) in [4.78, 5) is 13.0. The summed E-state index contributed by atoms with van der Waals surface area (Å²) in [7, 11) is 0. The maximum Gasteiger partial charge on any atom is 0.160 e. The topological polar surface area (TPSA) is 30.7 Å². The number of benzene rings is 8. The number of nitrogens with zero attached hydrogens (tertiary/aromatic N) is 3. The van der Waals surface area contributed by atoms with Gasteiger partial charge in [-0.2, -0.15) is 0 Å². The van der Waals surface area contributed by atoms with Gasteiger partial charge in [-0.1, -0.05) is 189 Å². The summed E-state index contributed by atoms with van der Waals surface area (Å²) in [5.74, 6) is 1.19. The molecule has 1 spiro atoms. The van der Waals surface area contributed by atoms with Crippen molar-refractivity contribution in [3.05, 3.63) is 228 Å². The Hall–Kier alpha value is -7.27. The van der Waals surface area contributed by atoms with Gasteiger partial charge in [0.25, 0.3) is 0 Å². The molecule has 3 nitrogen and oxygen atoms in total. The molecule has 0 radical (unpaired) electrons. The number of aromatic nitrogens is 3. The molecule has 2 aliphatic carbocycles. The predicted molar refractivity (Wildman–Crippen MR) is 257 cm³/mol. The highest BCUT2D eigenvalue weighted by molar-refractivity contribution is 7.99. The van der Waals surface area contributed by atoms with E-state index in [2.05, 4.69) is 187 Å². The van der Waals surface area contributed by atoms with Gasteiger partial charge in [-0.15, -0.1) is 0 Å². The Balaban J connectivity index is 1.11. The van der Waals surface area contributed by atoms with E-state index in [0.717, 1.165) is 40.2 Å². The molecule has 0 amide bonds. The van der Waals surface area contributed by atoms with E-state index in [-0.39, 0.29) is 0 Å². The molecule has 0 fully saturated rings. The van der Waals surface area contributed by atoms with E-state index in [1.807, 2.05) is 36.0 Å². The summed E-state index contributed by atoms with van der Waals surface area (Å²) in [5, 5.41) is 5.04. The molecule has 1 aliphatic heterocycles. The van der Waals surface area contributed by atoms with Crippen molar-refractivity contribution >= 4 is 49.9 Å². The molecule has 62 heavy (non-hydrogen) atoms. The van der Waals surface area contributed by atoms with Crippen molar-refractivity contribution in [2.24, 2.45) is 5.92 Å². The molecule has 292 valence electrons. The van der Waals surface area contributed by atoms with Gasteiger partial charge in [0, 0.05) is 42.9 Å². The molecule has 0 saturated carbocycles. The first kappa shape index (κ1) is 35.5. The zero-order chi connectivity index (χ0) is 40.9. The van der Waals surface area contributed by atoms with Crippen LogP contribution in [0, 0.1) is 5.92 Å². The van der Waals surface area contributed by atoms with Crippen LogP contribution in [0.25, 0.3) is 77.7 Å². The van der Waals surface area contributed by atoms with Crippen LogP contribution in [-0.4, -0.2) is 14.5 Å². The number of allylic oxidation sites excluding steroid dienone is 4. The molecule has 2 unspecified atom stereocenters. The van der Waals surface area contributed by atoms with E-state index >= 15 is 0 Å². The second-order valence-corrected chi connectivity index (χ2v) is 18.0. The highest BCUT2D eigenvalue weighted by atomic mass is 32.2. The number of hydrogen-bond acceptors (Lipinski definition) is 3. The Kier molecular flexibility index (Phi) is 7.79. The van der Waals surface area contributed by atoms with E-state index in [4.69, 9.17) is 9.97 Å². The van der Waals surface area contributed by atoms with Crippen LogP contribution >= 0.6 is 11.8 Å². The summed E-state index contributed by atoms with van der Waals surface area (Å²) in [6.07, 6.45) is 5.94. The third-order valence-corrected chi connectivity index (χ3v) is 14.6. The Morgan fingerprint density at radius 3 is 2.15 bits per heavy atom. The maximum atomic E-state index is 5.26. The molecule has 4 heteroatoms. The molecule has 13 rings (SSSR count). The second-order valence-electron chi connectivity index (χ2n) is 16.9. The monoisotopic (exact) mass is 809 g/mol. The summed E-state index contributed by atoms with van der Waals surface area (Å²) < 4.78 is 2.54. The predicted octanol–water partition coefficient (Wildman–Crippen LogP) is 14.9. The van der Waals surface area contributed by atoms with Crippen molar-refractivity contribution in [1.29, 1.82) is 0 Å². The molecule has 2 aromatic heterocycles. The number of fused-ring (bicyclic) bond motifs is 14. The fourth-order valence-corrected chi connectivity index (χ4v) is 12.1. The fraction of sp³-hybridized carbons (Fsp3) is 0.0690. The minimum atomic E-state index is -0.443. The summed E-state index contributed by atoms with van der Waals surface area (Å²) in [6.45, 7) is 2.35. The van der Waals surface area contributed by atoms with Gasteiger partial charge in [-0.3, -0.25) is 0 Å². The first-order valence-corrected chi connectivity index (χ1v) is 22.4. The van der Waals surface area contributed by atoms with E-state index in [9.17, 15) is 0 Å². The van der Waals surface area contributed by atoms with E-state index < -0.39 is 5.41 Å². The molecule has 10 aromatic rings. The van der Waals surface area contributed by atoms with Crippen LogP contribution in [0.4, 0.5) is 0 Å². The quantitative estimate of drug-likeness (QED) is 0.177. The van der Waals surface area contributed by atoms with Crippen LogP contribution in [0.5, 0.6) is 0 Å². The Bertz CT molecular complexity index is 3490. The summed E-state index contributed by atoms with van der Waals surface area (Å²) >= 11 is 1.93. The maximum absolute atomic E-state index is 5.26. The normalized spacial score (nSPS) is 17.4. The van der Waals surface area contributed by atoms with E-state index in [1.165, 1.54) is 75.8 Å². The Morgan fingerprint density at radius 2 is 1.29 bits per heavy atom. The van der Waals surface area contributed by atoms with Crippen LogP contribution in [-0.2, 0) is 5.41 Å². The van der Waals surface area contributed by atoms with Gasteiger partial charge in [0.1, 0.15) is 0 Å². The molecule has 2 atom stereocenters. The average molecular weight is 810 g/mol. The van der Waals surface area contributed by atoms with Crippen LogP contribution in [0.15, 0.2) is 216 Å². The molecule has 0 N–H and O–H groups in total. The average Bonchev–Trinajstić information content (AvgIpc) is 3.83. The second kappa shape index (κ2) is 13.6.